The first-order valence-electron chi connectivity index (χ1n) is 5.86. The van der Waals surface area contributed by atoms with Crippen molar-refractivity contribution in [1.82, 2.24) is 10.8 Å². The molecule has 0 saturated heterocycles. The molecule has 15 heavy (non-hydrogen) atoms. The van der Waals surface area contributed by atoms with E-state index in [9.17, 15) is 4.79 Å². The molecule has 1 fully saturated rings. The zero-order chi connectivity index (χ0) is 11.1. The molecule has 0 unspecified atom stereocenters. The minimum Gasteiger partial charge on any atom is -0.314 e. The molecule has 1 aliphatic rings. The van der Waals surface area contributed by atoms with Crippen LogP contribution in [0.5, 0.6) is 0 Å². The van der Waals surface area contributed by atoms with Crippen LogP contribution in [0.2, 0.25) is 0 Å². The highest BCUT2D eigenvalue weighted by Gasteiger charge is 2.16. The third-order valence-electron chi connectivity index (χ3n) is 2.55. The topological polar surface area (TPSA) is 50.4 Å². The fraction of sp³-hybridized carbons (Fsp3) is 0.909. The lowest BCUT2D eigenvalue weighted by Crippen LogP contribution is -2.32. The fourth-order valence-electron chi connectivity index (χ4n) is 1.68. The minimum atomic E-state index is -0.0324. The van der Waals surface area contributed by atoms with Crippen LogP contribution in [0, 0.1) is 0 Å². The van der Waals surface area contributed by atoms with E-state index >= 15 is 0 Å². The molecule has 4 nitrogen and oxygen atoms in total. The molecule has 88 valence electrons. The van der Waals surface area contributed by atoms with Crippen molar-refractivity contribution in [1.29, 1.82) is 0 Å². The Labute approximate surface area is 91.7 Å². The molecule has 0 radical (unpaired) electrons. The average molecular weight is 214 g/mol. The molecule has 0 aliphatic heterocycles. The summed E-state index contributed by atoms with van der Waals surface area (Å²) in [5, 5.41) is 3.19. The van der Waals surface area contributed by atoms with Crippen molar-refractivity contribution in [2.45, 2.75) is 58.1 Å². The van der Waals surface area contributed by atoms with Crippen LogP contribution in [-0.4, -0.2) is 24.6 Å². The van der Waals surface area contributed by atoms with Crippen molar-refractivity contribution in [3.63, 3.8) is 0 Å². The van der Waals surface area contributed by atoms with Crippen molar-refractivity contribution in [2.24, 2.45) is 0 Å². The summed E-state index contributed by atoms with van der Waals surface area (Å²) in [4.78, 5) is 16.6. The smallest absolute Gasteiger partial charge is 0.244 e. The van der Waals surface area contributed by atoms with Gasteiger partial charge in [0.05, 0.1) is 6.10 Å². The lowest BCUT2D eigenvalue weighted by Gasteiger charge is -2.12. The van der Waals surface area contributed by atoms with Gasteiger partial charge in [-0.1, -0.05) is 26.7 Å². The quantitative estimate of drug-likeness (QED) is 0.656. The Balaban J connectivity index is 1.98. The highest BCUT2D eigenvalue weighted by atomic mass is 16.7. The summed E-state index contributed by atoms with van der Waals surface area (Å²) >= 11 is 0. The van der Waals surface area contributed by atoms with Gasteiger partial charge in [0.1, 0.15) is 0 Å². The molecule has 4 heteroatoms. The molecule has 2 N–H and O–H groups in total. The first-order chi connectivity index (χ1) is 7.18. The summed E-state index contributed by atoms with van der Waals surface area (Å²) < 4.78 is 0. The van der Waals surface area contributed by atoms with Gasteiger partial charge in [0.15, 0.2) is 0 Å². The van der Waals surface area contributed by atoms with Gasteiger partial charge in [-0.15, -0.1) is 0 Å². The van der Waals surface area contributed by atoms with Crippen LogP contribution in [0.3, 0.4) is 0 Å². The molecular formula is C11H22N2O2. The maximum absolute atomic E-state index is 11.3. The van der Waals surface area contributed by atoms with Gasteiger partial charge in [-0.2, -0.15) is 0 Å². The molecule has 1 amide bonds. The monoisotopic (exact) mass is 214 g/mol. The van der Waals surface area contributed by atoms with Gasteiger partial charge in [0.2, 0.25) is 5.91 Å². The maximum atomic E-state index is 11.3. The number of hydrogen-bond donors (Lipinski definition) is 2. The van der Waals surface area contributed by atoms with Gasteiger partial charge in [0.25, 0.3) is 0 Å². The van der Waals surface area contributed by atoms with E-state index in [0.717, 1.165) is 12.8 Å². The van der Waals surface area contributed by atoms with E-state index in [1.807, 2.05) is 0 Å². The van der Waals surface area contributed by atoms with Crippen molar-refractivity contribution < 1.29 is 9.63 Å². The molecule has 0 aromatic carbocycles. The van der Waals surface area contributed by atoms with Crippen LogP contribution in [0.25, 0.3) is 0 Å². The van der Waals surface area contributed by atoms with E-state index in [4.69, 9.17) is 4.84 Å². The average Bonchev–Trinajstić information content (AvgIpc) is 2.66. The largest absolute Gasteiger partial charge is 0.314 e. The number of rotatable bonds is 6. The van der Waals surface area contributed by atoms with Crippen molar-refractivity contribution in [3.05, 3.63) is 0 Å². The van der Waals surface area contributed by atoms with Crippen molar-refractivity contribution in [3.8, 4) is 0 Å². The van der Waals surface area contributed by atoms with Gasteiger partial charge >= 0.3 is 0 Å². The van der Waals surface area contributed by atoms with Crippen LogP contribution in [0.4, 0.5) is 0 Å². The second-order valence-electron chi connectivity index (χ2n) is 4.41. The minimum absolute atomic E-state index is 0.0324. The zero-order valence-electron chi connectivity index (χ0n) is 9.71. The normalized spacial score (nSPS) is 17.3. The molecular weight excluding hydrogens is 192 g/mol. The van der Waals surface area contributed by atoms with Crippen LogP contribution in [0.15, 0.2) is 0 Å². The predicted molar refractivity (Wildman–Crippen MR) is 59.2 cm³/mol. The molecule has 0 atom stereocenters. The lowest BCUT2D eigenvalue weighted by atomic mass is 10.3. The Morgan fingerprint density at radius 3 is 2.67 bits per heavy atom. The van der Waals surface area contributed by atoms with Crippen LogP contribution < -0.4 is 10.8 Å². The number of amides is 1. The number of hydroxylamine groups is 1. The van der Waals surface area contributed by atoms with Crippen molar-refractivity contribution >= 4 is 5.91 Å². The second kappa shape index (κ2) is 6.80. The zero-order valence-corrected chi connectivity index (χ0v) is 9.71. The van der Waals surface area contributed by atoms with Crippen LogP contribution >= 0.6 is 0 Å². The Hall–Kier alpha value is -0.610. The molecule has 1 saturated carbocycles. The number of hydrogen-bond acceptors (Lipinski definition) is 3. The maximum Gasteiger partial charge on any atom is 0.244 e. The summed E-state index contributed by atoms with van der Waals surface area (Å²) in [5.74, 6) is -0.0324. The number of nitrogens with one attached hydrogen (secondary N) is 2. The van der Waals surface area contributed by atoms with Gasteiger partial charge in [-0.3, -0.25) is 9.63 Å². The standard InChI is InChI=1S/C11H22N2O2/c1-9(2)12-8-7-11(14)13-15-10-5-3-4-6-10/h9-10,12H,3-8H2,1-2H3,(H,13,14). The predicted octanol–water partition coefficient (Wildman–Crippen LogP) is 1.36. The third-order valence-corrected chi connectivity index (χ3v) is 2.55. The third kappa shape index (κ3) is 5.74. The molecule has 1 aliphatic carbocycles. The molecule has 1 rings (SSSR count). The number of carbonyl (C=O) groups is 1. The van der Waals surface area contributed by atoms with E-state index in [-0.39, 0.29) is 12.0 Å². The van der Waals surface area contributed by atoms with E-state index < -0.39 is 0 Å². The van der Waals surface area contributed by atoms with Crippen LogP contribution in [-0.2, 0) is 9.63 Å². The first-order valence-corrected chi connectivity index (χ1v) is 5.86. The Morgan fingerprint density at radius 2 is 2.07 bits per heavy atom. The fourth-order valence-corrected chi connectivity index (χ4v) is 1.68. The molecule has 0 aromatic rings. The molecule has 0 spiro atoms. The number of carbonyl (C=O) groups excluding carboxylic acids is 1. The van der Waals surface area contributed by atoms with Gasteiger partial charge in [-0.25, -0.2) is 5.48 Å². The van der Waals surface area contributed by atoms with Crippen LogP contribution in [0.1, 0.15) is 46.0 Å². The van der Waals surface area contributed by atoms with E-state index in [1.54, 1.807) is 0 Å². The summed E-state index contributed by atoms with van der Waals surface area (Å²) in [6.07, 6.45) is 5.30. The molecule has 0 bridgehead atoms. The highest BCUT2D eigenvalue weighted by molar-refractivity contribution is 5.74. The molecule has 0 heterocycles. The Morgan fingerprint density at radius 1 is 1.40 bits per heavy atom. The summed E-state index contributed by atoms with van der Waals surface area (Å²) in [7, 11) is 0. The lowest BCUT2D eigenvalue weighted by molar-refractivity contribution is -0.138. The summed E-state index contributed by atoms with van der Waals surface area (Å²) in [5.41, 5.74) is 2.52. The SMILES string of the molecule is CC(C)NCCC(=O)NOC1CCCC1. The van der Waals surface area contributed by atoms with Gasteiger partial charge in [-0.05, 0) is 12.8 Å². The first kappa shape index (κ1) is 12.5. The highest BCUT2D eigenvalue weighted by Crippen LogP contribution is 2.19. The Kier molecular flexibility index (Phi) is 5.65. The van der Waals surface area contributed by atoms with Gasteiger partial charge < -0.3 is 5.32 Å². The second-order valence-corrected chi connectivity index (χ2v) is 4.41. The Bertz CT molecular complexity index is 189. The van der Waals surface area contributed by atoms with Gasteiger partial charge in [0, 0.05) is 19.0 Å². The molecule has 0 aromatic heterocycles. The van der Waals surface area contributed by atoms with E-state index in [0.29, 0.717) is 19.0 Å². The summed E-state index contributed by atoms with van der Waals surface area (Å²) in [6.45, 7) is 4.83. The van der Waals surface area contributed by atoms with E-state index in [2.05, 4.69) is 24.6 Å². The summed E-state index contributed by atoms with van der Waals surface area (Å²) in [6, 6.07) is 0.425. The van der Waals surface area contributed by atoms with Crippen molar-refractivity contribution in [2.75, 3.05) is 6.54 Å². The van der Waals surface area contributed by atoms with E-state index in [1.165, 1.54) is 12.8 Å².